The number of urea groups is 1. The first-order valence-corrected chi connectivity index (χ1v) is 6.21. The van der Waals surface area contributed by atoms with Crippen LogP contribution >= 0.6 is 0 Å². The van der Waals surface area contributed by atoms with Crippen LogP contribution < -0.4 is 21.1 Å². The zero-order valence-electron chi connectivity index (χ0n) is 11.2. The van der Waals surface area contributed by atoms with Gasteiger partial charge in [-0.3, -0.25) is 0 Å². The van der Waals surface area contributed by atoms with E-state index in [-0.39, 0.29) is 0 Å². The lowest BCUT2D eigenvalue weighted by Gasteiger charge is -2.09. The van der Waals surface area contributed by atoms with Gasteiger partial charge in [0.05, 0.1) is 7.11 Å². The molecule has 5 heteroatoms. The highest BCUT2D eigenvalue weighted by Gasteiger charge is 1.98. The van der Waals surface area contributed by atoms with Crippen molar-refractivity contribution in [3.05, 3.63) is 54.1 Å². The van der Waals surface area contributed by atoms with Crippen LogP contribution in [-0.4, -0.2) is 13.1 Å². The molecular formula is C15H17N3O2. The molecule has 0 aromatic heterocycles. The molecule has 0 atom stereocenters. The topological polar surface area (TPSA) is 76.4 Å². The number of benzene rings is 2. The number of ether oxygens (including phenoxy) is 1. The summed E-state index contributed by atoms with van der Waals surface area (Å²) in [6, 6.07) is 14.6. The Kier molecular flexibility index (Phi) is 4.44. The molecule has 0 heterocycles. The third kappa shape index (κ3) is 3.91. The number of carbonyl (C=O) groups excluding carboxylic acids is 1. The Morgan fingerprint density at radius 2 is 1.85 bits per heavy atom. The Morgan fingerprint density at radius 1 is 1.15 bits per heavy atom. The number of nitrogens with two attached hydrogens (primary N) is 1. The van der Waals surface area contributed by atoms with E-state index in [1.165, 1.54) is 0 Å². The predicted molar refractivity (Wildman–Crippen MR) is 80.0 cm³/mol. The summed E-state index contributed by atoms with van der Waals surface area (Å²) in [7, 11) is 1.65. The lowest BCUT2D eigenvalue weighted by molar-refractivity contribution is 0.259. The average molecular weight is 271 g/mol. The van der Waals surface area contributed by atoms with Gasteiger partial charge in [0.25, 0.3) is 0 Å². The second-order valence-corrected chi connectivity index (χ2v) is 4.27. The lowest BCUT2D eigenvalue weighted by Crippen LogP contribution is -2.19. The molecule has 0 aliphatic rings. The highest BCUT2D eigenvalue weighted by atomic mass is 16.5. The highest BCUT2D eigenvalue weighted by molar-refractivity contribution is 5.87. The fourth-order valence-electron chi connectivity index (χ4n) is 1.80. The van der Waals surface area contributed by atoms with E-state index in [1.807, 2.05) is 36.4 Å². The molecule has 0 saturated carbocycles. The van der Waals surface area contributed by atoms with Crippen molar-refractivity contribution in [1.82, 2.24) is 0 Å². The summed E-state index contributed by atoms with van der Waals surface area (Å²) < 4.78 is 5.18. The smallest absolute Gasteiger partial charge is 0.316 e. The maximum absolute atomic E-state index is 10.7. The van der Waals surface area contributed by atoms with Crippen LogP contribution in [0.1, 0.15) is 5.56 Å². The molecular weight excluding hydrogens is 254 g/mol. The van der Waals surface area contributed by atoms with Crippen LogP contribution in [0.25, 0.3) is 0 Å². The van der Waals surface area contributed by atoms with Gasteiger partial charge >= 0.3 is 6.03 Å². The van der Waals surface area contributed by atoms with E-state index < -0.39 is 6.03 Å². The minimum atomic E-state index is -0.568. The fourth-order valence-corrected chi connectivity index (χ4v) is 1.80. The van der Waals surface area contributed by atoms with Gasteiger partial charge in [0.1, 0.15) is 5.75 Å². The molecule has 0 aliphatic carbocycles. The lowest BCUT2D eigenvalue weighted by atomic mass is 10.2. The number of primary amides is 1. The molecule has 104 valence electrons. The standard InChI is InChI=1S/C15H17N3O2/c1-20-14-4-2-3-11(9-14)10-17-12-5-7-13(8-6-12)18-15(16)19/h2-9,17H,10H2,1H3,(H3,16,18,19). The SMILES string of the molecule is COc1cccc(CNc2ccc(NC(N)=O)cc2)c1. The largest absolute Gasteiger partial charge is 0.497 e. The fraction of sp³-hybridized carbons (Fsp3) is 0.133. The van der Waals surface area contributed by atoms with E-state index in [2.05, 4.69) is 10.6 Å². The normalized spacial score (nSPS) is 9.85. The molecule has 4 N–H and O–H groups in total. The first kappa shape index (κ1) is 13.7. The van der Waals surface area contributed by atoms with Crippen LogP contribution in [0.4, 0.5) is 16.2 Å². The Bertz CT molecular complexity index is 582. The van der Waals surface area contributed by atoms with Gasteiger partial charge in [-0.05, 0) is 42.0 Å². The van der Waals surface area contributed by atoms with Gasteiger partial charge in [-0.1, -0.05) is 12.1 Å². The van der Waals surface area contributed by atoms with E-state index in [0.717, 1.165) is 17.0 Å². The third-order valence-corrected chi connectivity index (χ3v) is 2.78. The van der Waals surface area contributed by atoms with Gasteiger partial charge in [0.15, 0.2) is 0 Å². The maximum atomic E-state index is 10.7. The minimum Gasteiger partial charge on any atom is -0.497 e. The van der Waals surface area contributed by atoms with Crippen LogP contribution in [0.15, 0.2) is 48.5 Å². The first-order chi connectivity index (χ1) is 9.67. The van der Waals surface area contributed by atoms with Crippen molar-refractivity contribution in [2.45, 2.75) is 6.54 Å². The summed E-state index contributed by atoms with van der Waals surface area (Å²) in [5.41, 5.74) is 7.81. The molecule has 5 nitrogen and oxygen atoms in total. The third-order valence-electron chi connectivity index (χ3n) is 2.78. The first-order valence-electron chi connectivity index (χ1n) is 6.21. The molecule has 0 aliphatic heterocycles. The number of rotatable bonds is 5. The number of nitrogens with one attached hydrogen (secondary N) is 2. The number of anilines is 2. The number of carbonyl (C=O) groups is 1. The summed E-state index contributed by atoms with van der Waals surface area (Å²) in [5, 5.41) is 5.81. The minimum absolute atomic E-state index is 0.568. The molecule has 2 amide bonds. The van der Waals surface area contributed by atoms with Crippen molar-refractivity contribution in [2.75, 3.05) is 17.7 Å². The molecule has 0 radical (unpaired) electrons. The summed E-state index contributed by atoms with van der Waals surface area (Å²) in [5.74, 6) is 0.838. The van der Waals surface area contributed by atoms with Gasteiger partial charge in [0.2, 0.25) is 0 Å². The van der Waals surface area contributed by atoms with Gasteiger partial charge in [-0.15, -0.1) is 0 Å². The van der Waals surface area contributed by atoms with E-state index in [4.69, 9.17) is 10.5 Å². The zero-order valence-corrected chi connectivity index (χ0v) is 11.2. The monoisotopic (exact) mass is 271 g/mol. The molecule has 20 heavy (non-hydrogen) atoms. The molecule has 2 aromatic rings. The predicted octanol–water partition coefficient (Wildman–Crippen LogP) is 2.80. The second kappa shape index (κ2) is 6.47. The van der Waals surface area contributed by atoms with E-state index in [1.54, 1.807) is 19.2 Å². The molecule has 0 spiro atoms. The number of amides is 2. The quantitative estimate of drug-likeness (QED) is 0.782. The van der Waals surface area contributed by atoms with Gasteiger partial charge < -0.3 is 21.1 Å². The van der Waals surface area contributed by atoms with E-state index in [0.29, 0.717) is 12.2 Å². The van der Waals surface area contributed by atoms with Gasteiger partial charge in [-0.2, -0.15) is 0 Å². The van der Waals surface area contributed by atoms with Crippen LogP contribution in [-0.2, 0) is 6.54 Å². The van der Waals surface area contributed by atoms with Crippen LogP contribution in [0.2, 0.25) is 0 Å². The van der Waals surface area contributed by atoms with Crippen molar-refractivity contribution >= 4 is 17.4 Å². The van der Waals surface area contributed by atoms with Crippen LogP contribution in [0.3, 0.4) is 0 Å². The molecule has 0 saturated heterocycles. The van der Waals surface area contributed by atoms with Crippen molar-refractivity contribution in [3.63, 3.8) is 0 Å². The van der Waals surface area contributed by atoms with Gasteiger partial charge in [-0.25, -0.2) is 4.79 Å². The van der Waals surface area contributed by atoms with Crippen LogP contribution in [0.5, 0.6) is 5.75 Å². The Labute approximate surface area is 117 Å². The van der Waals surface area contributed by atoms with E-state index >= 15 is 0 Å². The van der Waals surface area contributed by atoms with Crippen molar-refractivity contribution in [1.29, 1.82) is 0 Å². The molecule has 2 aromatic carbocycles. The second-order valence-electron chi connectivity index (χ2n) is 4.27. The number of hydrogen-bond donors (Lipinski definition) is 3. The molecule has 2 rings (SSSR count). The van der Waals surface area contributed by atoms with Crippen LogP contribution in [0, 0.1) is 0 Å². The molecule has 0 bridgehead atoms. The maximum Gasteiger partial charge on any atom is 0.316 e. The van der Waals surface area contributed by atoms with Crippen molar-refractivity contribution < 1.29 is 9.53 Å². The summed E-state index contributed by atoms with van der Waals surface area (Å²) in [4.78, 5) is 10.7. The Hall–Kier alpha value is -2.69. The summed E-state index contributed by atoms with van der Waals surface area (Å²) in [6.07, 6.45) is 0. The highest BCUT2D eigenvalue weighted by Crippen LogP contribution is 2.16. The molecule has 0 fully saturated rings. The van der Waals surface area contributed by atoms with Crippen molar-refractivity contribution in [3.8, 4) is 5.75 Å². The number of hydrogen-bond acceptors (Lipinski definition) is 3. The Morgan fingerprint density at radius 3 is 2.50 bits per heavy atom. The average Bonchev–Trinajstić information content (AvgIpc) is 2.46. The van der Waals surface area contributed by atoms with Crippen molar-refractivity contribution in [2.24, 2.45) is 5.73 Å². The Balaban J connectivity index is 1.94. The summed E-state index contributed by atoms with van der Waals surface area (Å²) >= 11 is 0. The summed E-state index contributed by atoms with van der Waals surface area (Å²) in [6.45, 7) is 0.694. The molecule has 0 unspecified atom stereocenters. The van der Waals surface area contributed by atoms with E-state index in [9.17, 15) is 4.79 Å². The zero-order chi connectivity index (χ0) is 14.4. The van der Waals surface area contributed by atoms with Gasteiger partial charge in [0, 0.05) is 17.9 Å². The number of methoxy groups -OCH3 is 1.